The molecular weight excluding hydrogens is 254 g/mol. The van der Waals surface area contributed by atoms with Crippen molar-refractivity contribution in [2.45, 2.75) is 45.6 Å². The summed E-state index contributed by atoms with van der Waals surface area (Å²) in [5.74, 6) is 0.674. The minimum Gasteiger partial charge on any atom is -0.359 e. The Balaban J connectivity index is 2.02. The van der Waals surface area contributed by atoms with Crippen molar-refractivity contribution in [2.75, 3.05) is 20.1 Å². The van der Waals surface area contributed by atoms with Gasteiger partial charge in [0, 0.05) is 26.2 Å². The van der Waals surface area contributed by atoms with Gasteiger partial charge in [-0.25, -0.2) is 0 Å². The number of likely N-dealkylation sites (tertiary alicyclic amines) is 1. The third kappa shape index (κ3) is 2.82. The van der Waals surface area contributed by atoms with Crippen LogP contribution in [0.5, 0.6) is 0 Å². The van der Waals surface area contributed by atoms with Crippen molar-refractivity contribution in [1.82, 2.24) is 10.2 Å². The quantitative estimate of drug-likeness (QED) is 0.783. The third-order valence-corrected chi connectivity index (χ3v) is 5.04. The first-order chi connectivity index (χ1) is 9.37. The van der Waals surface area contributed by atoms with Gasteiger partial charge in [-0.1, -0.05) is 6.92 Å². The van der Waals surface area contributed by atoms with E-state index >= 15 is 0 Å². The summed E-state index contributed by atoms with van der Waals surface area (Å²) in [7, 11) is 1.65. The number of amides is 2. The first-order valence-electron chi connectivity index (χ1n) is 7.64. The van der Waals surface area contributed by atoms with Gasteiger partial charge in [-0.15, -0.1) is 0 Å². The fraction of sp³-hybridized carbons (Fsp3) is 0.867. The number of nitrogens with zero attached hydrogens (tertiary/aromatic N) is 1. The van der Waals surface area contributed by atoms with Crippen LogP contribution in [0.1, 0.15) is 39.5 Å². The molecule has 1 aliphatic heterocycles. The van der Waals surface area contributed by atoms with Crippen LogP contribution in [0.4, 0.5) is 0 Å². The molecule has 0 aromatic heterocycles. The Morgan fingerprint density at radius 1 is 1.35 bits per heavy atom. The fourth-order valence-corrected chi connectivity index (χ4v) is 3.56. The van der Waals surface area contributed by atoms with Crippen LogP contribution in [-0.4, -0.2) is 42.9 Å². The third-order valence-electron chi connectivity index (χ3n) is 5.04. The monoisotopic (exact) mass is 281 g/mol. The molecule has 2 amide bonds. The minimum atomic E-state index is -0.450. The van der Waals surface area contributed by atoms with Crippen molar-refractivity contribution in [3.63, 3.8) is 0 Å². The summed E-state index contributed by atoms with van der Waals surface area (Å²) in [5.41, 5.74) is 5.69. The molecule has 5 heteroatoms. The maximum atomic E-state index is 12.7. The minimum absolute atomic E-state index is 0.0223. The van der Waals surface area contributed by atoms with Gasteiger partial charge in [0.25, 0.3) is 0 Å². The first-order valence-corrected chi connectivity index (χ1v) is 7.64. The van der Waals surface area contributed by atoms with Crippen LogP contribution in [0.15, 0.2) is 0 Å². The Morgan fingerprint density at radius 2 is 2.05 bits per heavy atom. The maximum absolute atomic E-state index is 12.7. The normalized spacial score (nSPS) is 37.8. The van der Waals surface area contributed by atoms with Gasteiger partial charge < -0.3 is 16.0 Å². The van der Waals surface area contributed by atoms with E-state index in [4.69, 9.17) is 5.73 Å². The zero-order chi connectivity index (χ0) is 14.9. The van der Waals surface area contributed by atoms with Crippen LogP contribution in [-0.2, 0) is 9.59 Å². The van der Waals surface area contributed by atoms with E-state index in [2.05, 4.69) is 12.2 Å². The highest BCUT2D eigenvalue weighted by Crippen LogP contribution is 2.34. The largest absolute Gasteiger partial charge is 0.359 e. The molecule has 1 heterocycles. The van der Waals surface area contributed by atoms with Gasteiger partial charge in [0.2, 0.25) is 11.8 Å². The zero-order valence-electron chi connectivity index (χ0n) is 12.8. The lowest BCUT2D eigenvalue weighted by molar-refractivity contribution is -0.137. The molecule has 20 heavy (non-hydrogen) atoms. The van der Waals surface area contributed by atoms with Gasteiger partial charge in [-0.05, 0) is 38.5 Å². The van der Waals surface area contributed by atoms with Crippen LogP contribution in [0.25, 0.3) is 0 Å². The molecular formula is C15H27N3O2. The fourth-order valence-electron chi connectivity index (χ4n) is 3.56. The molecule has 3 N–H and O–H groups in total. The number of nitrogens with two attached hydrogens (primary N) is 1. The molecule has 0 aromatic carbocycles. The molecule has 2 aliphatic rings. The molecule has 1 saturated carbocycles. The average Bonchev–Trinajstić information content (AvgIpc) is 2.83. The van der Waals surface area contributed by atoms with E-state index in [-0.39, 0.29) is 23.8 Å². The molecule has 0 radical (unpaired) electrons. The average molecular weight is 281 g/mol. The summed E-state index contributed by atoms with van der Waals surface area (Å²) in [6.07, 6.45) is 3.65. The van der Waals surface area contributed by atoms with E-state index < -0.39 is 5.41 Å². The first kappa shape index (κ1) is 15.3. The molecule has 0 bridgehead atoms. The second-order valence-electron chi connectivity index (χ2n) is 6.84. The highest BCUT2D eigenvalue weighted by Gasteiger charge is 2.44. The smallest absolute Gasteiger partial charge is 0.227 e. The lowest BCUT2D eigenvalue weighted by Crippen LogP contribution is -2.47. The van der Waals surface area contributed by atoms with Crippen LogP contribution < -0.4 is 11.1 Å². The van der Waals surface area contributed by atoms with E-state index in [1.165, 1.54) is 0 Å². The standard InChI is InChI=1S/C15H27N3O2/c1-10-4-5-12(16)11(8-10)13(19)18-7-6-15(2,9-18)14(20)17-3/h10-12H,4-9,16H2,1-3H3,(H,17,20). The van der Waals surface area contributed by atoms with Crippen molar-refractivity contribution in [3.8, 4) is 0 Å². The highest BCUT2D eigenvalue weighted by atomic mass is 16.2. The predicted molar refractivity (Wildman–Crippen MR) is 77.9 cm³/mol. The number of hydrogen-bond donors (Lipinski definition) is 2. The van der Waals surface area contributed by atoms with Gasteiger partial charge in [-0.2, -0.15) is 0 Å². The van der Waals surface area contributed by atoms with Crippen molar-refractivity contribution in [2.24, 2.45) is 23.0 Å². The van der Waals surface area contributed by atoms with E-state index in [1.807, 2.05) is 11.8 Å². The van der Waals surface area contributed by atoms with E-state index in [0.29, 0.717) is 19.0 Å². The number of carbonyl (C=O) groups is 2. The van der Waals surface area contributed by atoms with Crippen molar-refractivity contribution >= 4 is 11.8 Å². The SMILES string of the molecule is CNC(=O)C1(C)CCN(C(=O)C2CC(C)CCC2N)C1. The molecule has 0 aromatic rings. The molecule has 4 atom stereocenters. The molecule has 2 fully saturated rings. The summed E-state index contributed by atoms with van der Waals surface area (Å²) in [4.78, 5) is 26.4. The number of rotatable bonds is 2. The van der Waals surface area contributed by atoms with E-state index in [0.717, 1.165) is 25.7 Å². The second kappa shape index (κ2) is 5.72. The van der Waals surface area contributed by atoms with Crippen molar-refractivity contribution < 1.29 is 9.59 Å². The Bertz CT molecular complexity index is 399. The molecule has 4 unspecified atom stereocenters. The lowest BCUT2D eigenvalue weighted by Gasteiger charge is -2.34. The predicted octanol–water partition coefficient (Wildman–Crippen LogP) is 0.735. The Hall–Kier alpha value is -1.10. The Morgan fingerprint density at radius 3 is 2.70 bits per heavy atom. The number of carbonyl (C=O) groups excluding carboxylic acids is 2. The molecule has 114 valence electrons. The summed E-state index contributed by atoms with van der Waals surface area (Å²) in [6, 6.07) is -0.0226. The van der Waals surface area contributed by atoms with E-state index in [9.17, 15) is 9.59 Å². The summed E-state index contributed by atoms with van der Waals surface area (Å²) >= 11 is 0. The summed E-state index contributed by atoms with van der Waals surface area (Å²) in [5, 5.41) is 2.70. The highest BCUT2D eigenvalue weighted by molar-refractivity contribution is 5.85. The molecule has 0 spiro atoms. The van der Waals surface area contributed by atoms with Crippen molar-refractivity contribution in [3.05, 3.63) is 0 Å². The zero-order valence-corrected chi connectivity index (χ0v) is 12.8. The van der Waals surface area contributed by atoms with Crippen LogP contribution in [0, 0.1) is 17.3 Å². The molecule has 1 saturated heterocycles. The lowest BCUT2D eigenvalue weighted by atomic mass is 9.78. The summed E-state index contributed by atoms with van der Waals surface area (Å²) in [6.45, 7) is 5.30. The molecule has 2 rings (SSSR count). The summed E-state index contributed by atoms with van der Waals surface area (Å²) < 4.78 is 0. The van der Waals surface area contributed by atoms with Gasteiger partial charge in [0.15, 0.2) is 0 Å². The van der Waals surface area contributed by atoms with Gasteiger partial charge in [0.1, 0.15) is 0 Å². The number of nitrogens with one attached hydrogen (secondary N) is 1. The topological polar surface area (TPSA) is 75.4 Å². The van der Waals surface area contributed by atoms with Gasteiger partial charge in [0.05, 0.1) is 11.3 Å². The number of hydrogen-bond acceptors (Lipinski definition) is 3. The van der Waals surface area contributed by atoms with Crippen LogP contribution in [0.3, 0.4) is 0 Å². The Labute approximate surface area is 121 Å². The van der Waals surface area contributed by atoms with E-state index in [1.54, 1.807) is 7.05 Å². The Kier molecular flexibility index (Phi) is 4.37. The maximum Gasteiger partial charge on any atom is 0.227 e. The van der Waals surface area contributed by atoms with Crippen LogP contribution in [0.2, 0.25) is 0 Å². The molecule has 1 aliphatic carbocycles. The van der Waals surface area contributed by atoms with Gasteiger partial charge >= 0.3 is 0 Å². The molecule has 5 nitrogen and oxygen atoms in total. The second-order valence-corrected chi connectivity index (χ2v) is 6.84. The van der Waals surface area contributed by atoms with Crippen molar-refractivity contribution in [1.29, 1.82) is 0 Å². The van der Waals surface area contributed by atoms with Gasteiger partial charge in [-0.3, -0.25) is 9.59 Å². The van der Waals surface area contributed by atoms with Crippen LogP contribution >= 0.6 is 0 Å².